The summed E-state index contributed by atoms with van der Waals surface area (Å²) in [5.74, 6) is -2.35. The monoisotopic (exact) mass is 500 g/mol. The number of anilines is 1. The van der Waals surface area contributed by atoms with Crippen LogP contribution in [-0.4, -0.2) is 33.3 Å². The van der Waals surface area contributed by atoms with E-state index >= 15 is 0 Å². The molecular formula is C22H18F6N4O3. The van der Waals surface area contributed by atoms with Crippen molar-refractivity contribution >= 4 is 11.9 Å². The lowest BCUT2D eigenvalue weighted by molar-refractivity contribution is -0.201. The lowest BCUT2D eigenvalue weighted by Crippen LogP contribution is -2.32. The maximum absolute atomic E-state index is 13.8. The van der Waals surface area contributed by atoms with E-state index in [1.165, 1.54) is 24.3 Å². The first-order chi connectivity index (χ1) is 16.3. The van der Waals surface area contributed by atoms with Crippen LogP contribution in [0.3, 0.4) is 0 Å². The number of ether oxygens (including phenoxy) is 1. The number of nitrogens with two attached hydrogens (primary N) is 2. The zero-order chi connectivity index (χ0) is 26.0. The third kappa shape index (κ3) is 6.38. The zero-order valence-electron chi connectivity index (χ0n) is 17.6. The summed E-state index contributed by atoms with van der Waals surface area (Å²) in [7, 11) is 0. The predicted molar refractivity (Wildman–Crippen MR) is 112 cm³/mol. The number of hydrogen-bond donors (Lipinski definition) is 3. The normalized spacial score (nSPS) is 13.8. The number of carboxylic acid groups (broad SMARTS) is 1. The summed E-state index contributed by atoms with van der Waals surface area (Å²) in [5.41, 5.74) is 9.42. The molecule has 0 spiro atoms. The summed E-state index contributed by atoms with van der Waals surface area (Å²) >= 11 is 0. The highest BCUT2D eigenvalue weighted by molar-refractivity contribution is 5.73. The lowest BCUT2D eigenvalue weighted by atomic mass is 10.0. The quantitative estimate of drug-likeness (QED) is 0.411. The molecule has 0 fully saturated rings. The van der Waals surface area contributed by atoms with Crippen molar-refractivity contribution in [3.63, 3.8) is 0 Å². The maximum atomic E-state index is 13.8. The van der Waals surface area contributed by atoms with E-state index < -0.39 is 53.4 Å². The van der Waals surface area contributed by atoms with Gasteiger partial charge in [0.05, 0.1) is 11.3 Å². The molecule has 0 bridgehead atoms. The van der Waals surface area contributed by atoms with E-state index in [1.807, 2.05) is 0 Å². The number of nitrogens with zero attached hydrogens (tertiary/aromatic N) is 2. The standard InChI is InChI=1S/C22H18F6N4O3/c23-21(24,25)14-4-2-1-3-13(14)18(22(26,27)28)35-17-10-16(31-20(30)32-17)12-7-5-11(6-8-12)9-15(29)19(33)34/h1-8,10,15,18H,9,29H2,(H,33,34)(H2,30,31,32)/t15-,18?/m0/s1. The molecule has 0 radical (unpaired) electrons. The summed E-state index contributed by atoms with van der Waals surface area (Å²) in [4.78, 5) is 18.4. The molecule has 1 unspecified atom stereocenters. The van der Waals surface area contributed by atoms with Crippen molar-refractivity contribution in [3.8, 4) is 17.1 Å². The van der Waals surface area contributed by atoms with Crippen molar-refractivity contribution in [3.05, 3.63) is 71.3 Å². The largest absolute Gasteiger partial charge is 0.480 e. The number of aromatic nitrogens is 2. The van der Waals surface area contributed by atoms with Crippen LogP contribution in [0.1, 0.15) is 22.8 Å². The molecule has 2 aromatic carbocycles. The molecule has 0 saturated carbocycles. The first kappa shape index (κ1) is 25.7. The van der Waals surface area contributed by atoms with E-state index in [2.05, 4.69) is 9.97 Å². The minimum absolute atomic E-state index is 0.0295. The van der Waals surface area contributed by atoms with Gasteiger partial charge in [-0.05, 0) is 18.1 Å². The summed E-state index contributed by atoms with van der Waals surface area (Å²) in [5, 5.41) is 8.90. The molecule has 0 aliphatic heterocycles. The highest BCUT2D eigenvalue weighted by Gasteiger charge is 2.47. The molecule has 2 atom stereocenters. The first-order valence-corrected chi connectivity index (χ1v) is 9.87. The van der Waals surface area contributed by atoms with Gasteiger partial charge in [-0.1, -0.05) is 42.5 Å². The Bertz CT molecular complexity index is 1200. The Hall–Kier alpha value is -3.87. The number of halogens is 6. The molecule has 13 heteroatoms. The van der Waals surface area contributed by atoms with Crippen molar-refractivity contribution < 1.29 is 41.0 Å². The van der Waals surface area contributed by atoms with Crippen LogP contribution in [0.5, 0.6) is 5.88 Å². The third-order valence-corrected chi connectivity index (χ3v) is 4.83. The van der Waals surface area contributed by atoms with Crippen LogP contribution in [0.15, 0.2) is 54.6 Å². The number of rotatable bonds is 7. The predicted octanol–water partition coefficient (Wildman–Crippen LogP) is 4.38. The van der Waals surface area contributed by atoms with Crippen molar-refractivity contribution in [2.75, 3.05) is 5.73 Å². The Morgan fingerprint density at radius 2 is 1.63 bits per heavy atom. The van der Waals surface area contributed by atoms with Gasteiger partial charge in [-0.25, -0.2) is 4.98 Å². The molecular weight excluding hydrogens is 482 g/mol. The second-order valence-electron chi connectivity index (χ2n) is 7.42. The number of alkyl halides is 6. The highest BCUT2D eigenvalue weighted by atomic mass is 19.4. The number of benzene rings is 2. The third-order valence-electron chi connectivity index (χ3n) is 4.83. The average molecular weight is 500 g/mol. The number of nitrogen functional groups attached to an aromatic ring is 1. The molecule has 0 aliphatic carbocycles. The molecule has 35 heavy (non-hydrogen) atoms. The molecule has 0 aliphatic rings. The molecule has 3 rings (SSSR count). The van der Waals surface area contributed by atoms with Crippen LogP contribution in [0, 0.1) is 0 Å². The highest BCUT2D eigenvalue weighted by Crippen LogP contribution is 2.42. The van der Waals surface area contributed by atoms with Gasteiger partial charge >= 0.3 is 18.3 Å². The molecule has 0 amide bonds. The van der Waals surface area contributed by atoms with Gasteiger partial charge in [0, 0.05) is 17.2 Å². The van der Waals surface area contributed by atoms with Gasteiger partial charge in [0.2, 0.25) is 17.9 Å². The van der Waals surface area contributed by atoms with Crippen LogP contribution in [0.4, 0.5) is 32.3 Å². The number of hydrogen-bond acceptors (Lipinski definition) is 6. The molecule has 5 N–H and O–H groups in total. The first-order valence-electron chi connectivity index (χ1n) is 9.87. The number of carbonyl (C=O) groups is 1. The van der Waals surface area contributed by atoms with Gasteiger partial charge in [0.15, 0.2) is 0 Å². The van der Waals surface area contributed by atoms with Crippen LogP contribution in [0.2, 0.25) is 0 Å². The fourth-order valence-electron chi connectivity index (χ4n) is 3.22. The Morgan fingerprint density at radius 3 is 2.20 bits per heavy atom. The average Bonchev–Trinajstić information content (AvgIpc) is 2.76. The molecule has 186 valence electrons. The second kappa shape index (κ2) is 9.78. The number of aliphatic carboxylic acids is 1. The van der Waals surface area contributed by atoms with Gasteiger partial charge in [-0.2, -0.15) is 31.3 Å². The summed E-state index contributed by atoms with van der Waals surface area (Å²) < 4.78 is 86.2. The van der Waals surface area contributed by atoms with Crippen LogP contribution < -0.4 is 16.2 Å². The van der Waals surface area contributed by atoms with Crippen molar-refractivity contribution in [2.24, 2.45) is 5.73 Å². The Kier molecular flexibility index (Phi) is 7.19. The second-order valence-corrected chi connectivity index (χ2v) is 7.42. The Morgan fingerprint density at radius 1 is 1.00 bits per heavy atom. The summed E-state index contributed by atoms with van der Waals surface area (Å²) in [6.45, 7) is 0. The lowest BCUT2D eigenvalue weighted by Gasteiger charge is -2.24. The van der Waals surface area contributed by atoms with Gasteiger partial charge < -0.3 is 21.3 Å². The van der Waals surface area contributed by atoms with E-state index in [1.54, 1.807) is 0 Å². The van der Waals surface area contributed by atoms with Crippen LogP contribution in [-0.2, 0) is 17.4 Å². The molecule has 1 aromatic heterocycles. The van der Waals surface area contributed by atoms with E-state index in [-0.39, 0.29) is 12.1 Å². The fourth-order valence-corrected chi connectivity index (χ4v) is 3.22. The van der Waals surface area contributed by atoms with E-state index in [9.17, 15) is 31.1 Å². The van der Waals surface area contributed by atoms with Gasteiger partial charge in [0.25, 0.3) is 0 Å². The van der Waals surface area contributed by atoms with Gasteiger partial charge in [-0.15, -0.1) is 0 Å². The summed E-state index contributed by atoms with van der Waals surface area (Å²) in [6.07, 6.45) is -13.2. The van der Waals surface area contributed by atoms with Crippen LogP contribution in [0.25, 0.3) is 11.3 Å². The molecule has 7 nitrogen and oxygen atoms in total. The molecule has 0 saturated heterocycles. The fraction of sp³-hybridized carbons (Fsp3) is 0.227. The topological polar surface area (TPSA) is 124 Å². The number of carboxylic acids is 1. The molecule has 1 heterocycles. The summed E-state index contributed by atoms with van der Waals surface area (Å²) in [6, 6.07) is 9.13. The zero-order valence-corrected chi connectivity index (χ0v) is 17.6. The van der Waals surface area contributed by atoms with E-state index in [4.69, 9.17) is 21.3 Å². The van der Waals surface area contributed by atoms with Crippen molar-refractivity contribution in [1.82, 2.24) is 9.97 Å². The van der Waals surface area contributed by atoms with Crippen molar-refractivity contribution in [2.45, 2.75) is 30.9 Å². The SMILES string of the molecule is Nc1nc(OC(c2ccccc2C(F)(F)F)C(F)(F)F)cc(-c2ccc(C[C@H](N)C(=O)O)cc2)n1. The van der Waals surface area contributed by atoms with Gasteiger partial charge in [-0.3, -0.25) is 4.79 Å². The van der Waals surface area contributed by atoms with E-state index in [0.29, 0.717) is 23.3 Å². The maximum Gasteiger partial charge on any atom is 0.429 e. The molecule has 3 aromatic rings. The van der Waals surface area contributed by atoms with Gasteiger partial charge in [0.1, 0.15) is 6.04 Å². The Balaban J connectivity index is 1.95. The van der Waals surface area contributed by atoms with E-state index in [0.717, 1.165) is 18.2 Å². The minimum Gasteiger partial charge on any atom is -0.480 e. The smallest absolute Gasteiger partial charge is 0.429 e. The Labute approximate surface area is 194 Å². The van der Waals surface area contributed by atoms with Crippen LogP contribution >= 0.6 is 0 Å². The van der Waals surface area contributed by atoms with Crippen molar-refractivity contribution in [1.29, 1.82) is 0 Å². The minimum atomic E-state index is -5.22.